The molecule has 0 radical (unpaired) electrons. The Kier molecular flexibility index (Phi) is 4.45. The van der Waals surface area contributed by atoms with E-state index in [1.165, 1.54) is 64.6 Å². The molecule has 0 aromatic heterocycles. The van der Waals surface area contributed by atoms with E-state index < -0.39 is 0 Å². The van der Waals surface area contributed by atoms with Gasteiger partial charge in [0.1, 0.15) is 0 Å². The number of likely N-dealkylation sites (N-methyl/N-ethyl adjacent to an activating group) is 1. The van der Waals surface area contributed by atoms with Gasteiger partial charge in [0.15, 0.2) is 0 Å². The summed E-state index contributed by atoms with van der Waals surface area (Å²) in [7, 11) is 2.17. The van der Waals surface area contributed by atoms with Crippen molar-refractivity contribution < 1.29 is 0 Å². The van der Waals surface area contributed by atoms with E-state index in [-0.39, 0.29) is 0 Å². The molecular formula is C16H31N3. The first-order valence-electron chi connectivity index (χ1n) is 8.46. The predicted octanol–water partition coefficient (Wildman–Crippen LogP) is 2.08. The second kappa shape index (κ2) is 6.11. The highest BCUT2D eigenvalue weighted by atomic mass is 15.3. The van der Waals surface area contributed by atoms with Gasteiger partial charge in [-0.25, -0.2) is 0 Å². The Morgan fingerprint density at radius 3 is 2.63 bits per heavy atom. The van der Waals surface area contributed by atoms with Gasteiger partial charge in [0.25, 0.3) is 0 Å². The molecule has 1 saturated carbocycles. The third-order valence-electron chi connectivity index (χ3n) is 5.76. The van der Waals surface area contributed by atoms with Gasteiger partial charge in [0, 0.05) is 37.3 Å². The minimum Gasteiger partial charge on any atom is -0.315 e. The lowest BCUT2D eigenvalue weighted by molar-refractivity contribution is 0.0139. The van der Waals surface area contributed by atoms with Crippen molar-refractivity contribution in [3.8, 4) is 0 Å². The number of hydrogen-bond acceptors (Lipinski definition) is 3. The van der Waals surface area contributed by atoms with Crippen LogP contribution in [0.3, 0.4) is 0 Å². The van der Waals surface area contributed by atoms with Gasteiger partial charge in [-0.2, -0.15) is 0 Å². The van der Waals surface area contributed by atoms with E-state index in [1.54, 1.807) is 0 Å². The van der Waals surface area contributed by atoms with Crippen LogP contribution >= 0.6 is 0 Å². The molecule has 0 aromatic carbocycles. The maximum atomic E-state index is 3.62. The van der Waals surface area contributed by atoms with E-state index in [0.717, 1.165) is 24.2 Å². The lowest BCUT2D eigenvalue weighted by atomic mass is 9.96. The first-order chi connectivity index (χ1) is 9.29. The molecule has 19 heavy (non-hydrogen) atoms. The van der Waals surface area contributed by atoms with E-state index in [2.05, 4.69) is 29.1 Å². The average molecular weight is 265 g/mol. The van der Waals surface area contributed by atoms with Crippen molar-refractivity contribution in [1.29, 1.82) is 0 Å². The van der Waals surface area contributed by atoms with Crippen LogP contribution in [0.4, 0.5) is 0 Å². The van der Waals surface area contributed by atoms with Crippen LogP contribution in [0.15, 0.2) is 0 Å². The zero-order chi connectivity index (χ0) is 13.2. The van der Waals surface area contributed by atoms with Crippen LogP contribution < -0.4 is 5.32 Å². The Labute approximate surface area is 118 Å². The van der Waals surface area contributed by atoms with E-state index in [4.69, 9.17) is 0 Å². The fourth-order valence-corrected chi connectivity index (χ4v) is 4.69. The summed E-state index contributed by atoms with van der Waals surface area (Å²) < 4.78 is 0. The highest BCUT2D eigenvalue weighted by molar-refractivity contribution is 4.96. The van der Waals surface area contributed by atoms with Gasteiger partial charge in [-0.15, -0.1) is 0 Å². The molecule has 0 aromatic rings. The quantitative estimate of drug-likeness (QED) is 0.771. The van der Waals surface area contributed by atoms with Gasteiger partial charge in [-0.3, -0.25) is 9.80 Å². The summed E-state index contributed by atoms with van der Waals surface area (Å²) in [6.07, 6.45) is 9.92. The molecule has 2 heterocycles. The third-order valence-corrected chi connectivity index (χ3v) is 5.76. The standard InChI is InChI=1S/C16H31N3/c1-13-11-18-10-6-7-14(18)12-19(13)16-9-5-3-4-8-15(16)17-2/h13-17H,3-12H2,1-2H3. The Balaban J connectivity index is 1.71. The van der Waals surface area contributed by atoms with Crippen molar-refractivity contribution in [2.75, 3.05) is 26.7 Å². The minimum absolute atomic E-state index is 0.720. The first kappa shape index (κ1) is 13.8. The number of fused-ring (bicyclic) bond motifs is 1. The maximum Gasteiger partial charge on any atom is 0.0253 e. The van der Waals surface area contributed by atoms with Crippen LogP contribution in [-0.4, -0.2) is 60.6 Å². The summed E-state index contributed by atoms with van der Waals surface area (Å²) in [5.74, 6) is 0. The SMILES string of the molecule is CNC1CCCCCC1N1CC2CCCN2CC1C. The van der Waals surface area contributed by atoms with Crippen molar-refractivity contribution in [2.45, 2.75) is 76.0 Å². The molecule has 3 rings (SSSR count). The van der Waals surface area contributed by atoms with Gasteiger partial charge >= 0.3 is 0 Å². The highest BCUT2D eigenvalue weighted by Gasteiger charge is 2.39. The molecule has 110 valence electrons. The number of piperazine rings is 1. The van der Waals surface area contributed by atoms with E-state index in [0.29, 0.717) is 0 Å². The first-order valence-corrected chi connectivity index (χ1v) is 8.46. The number of nitrogens with one attached hydrogen (secondary N) is 1. The van der Waals surface area contributed by atoms with Crippen molar-refractivity contribution in [2.24, 2.45) is 0 Å². The highest BCUT2D eigenvalue weighted by Crippen LogP contribution is 2.30. The zero-order valence-corrected chi connectivity index (χ0v) is 12.8. The van der Waals surface area contributed by atoms with Crippen LogP contribution in [0.25, 0.3) is 0 Å². The van der Waals surface area contributed by atoms with E-state index in [9.17, 15) is 0 Å². The number of rotatable bonds is 2. The second-order valence-corrected chi connectivity index (χ2v) is 6.94. The average Bonchev–Trinajstić information content (AvgIpc) is 2.73. The van der Waals surface area contributed by atoms with Crippen LogP contribution in [0.5, 0.6) is 0 Å². The Morgan fingerprint density at radius 2 is 1.79 bits per heavy atom. The largest absolute Gasteiger partial charge is 0.315 e. The summed E-state index contributed by atoms with van der Waals surface area (Å²) in [4.78, 5) is 5.60. The summed E-state index contributed by atoms with van der Waals surface area (Å²) in [6.45, 7) is 6.43. The summed E-state index contributed by atoms with van der Waals surface area (Å²) in [6, 6.07) is 3.11. The van der Waals surface area contributed by atoms with Gasteiger partial charge in [-0.1, -0.05) is 19.3 Å². The Morgan fingerprint density at radius 1 is 0.947 bits per heavy atom. The lowest BCUT2D eigenvalue weighted by Gasteiger charge is -2.48. The molecule has 1 aliphatic carbocycles. The maximum absolute atomic E-state index is 3.62. The molecule has 1 N–H and O–H groups in total. The normalized spacial score (nSPS) is 42.0. The van der Waals surface area contributed by atoms with Crippen molar-refractivity contribution >= 4 is 0 Å². The van der Waals surface area contributed by atoms with Crippen LogP contribution in [0.1, 0.15) is 51.9 Å². The number of hydrogen-bond donors (Lipinski definition) is 1. The van der Waals surface area contributed by atoms with Crippen LogP contribution in [0.2, 0.25) is 0 Å². The monoisotopic (exact) mass is 265 g/mol. The van der Waals surface area contributed by atoms with Crippen LogP contribution in [0, 0.1) is 0 Å². The lowest BCUT2D eigenvalue weighted by Crippen LogP contribution is -2.61. The second-order valence-electron chi connectivity index (χ2n) is 6.94. The molecule has 2 aliphatic heterocycles. The van der Waals surface area contributed by atoms with Gasteiger partial charge in [-0.05, 0) is 46.2 Å². The molecule has 4 atom stereocenters. The molecule has 3 fully saturated rings. The topological polar surface area (TPSA) is 18.5 Å². The minimum atomic E-state index is 0.720. The molecule has 3 aliphatic rings. The molecule has 2 saturated heterocycles. The van der Waals surface area contributed by atoms with Crippen molar-refractivity contribution in [3.05, 3.63) is 0 Å². The molecule has 3 nitrogen and oxygen atoms in total. The third kappa shape index (κ3) is 2.84. The summed E-state index contributed by atoms with van der Waals surface area (Å²) in [5, 5.41) is 3.62. The molecule has 0 amide bonds. The molecule has 0 spiro atoms. The smallest absolute Gasteiger partial charge is 0.0253 e. The van der Waals surface area contributed by atoms with E-state index in [1.807, 2.05) is 0 Å². The van der Waals surface area contributed by atoms with Gasteiger partial charge in [0.05, 0.1) is 0 Å². The van der Waals surface area contributed by atoms with Crippen molar-refractivity contribution in [3.63, 3.8) is 0 Å². The van der Waals surface area contributed by atoms with Gasteiger partial charge in [0.2, 0.25) is 0 Å². The Bertz CT molecular complexity index is 294. The van der Waals surface area contributed by atoms with E-state index >= 15 is 0 Å². The Hall–Kier alpha value is -0.120. The number of nitrogens with zero attached hydrogens (tertiary/aromatic N) is 2. The van der Waals surface area contributed by atoms with Gasteiger partial charge < -0.3 is 5.32 Å². The fourth-order valence-electron chi connectivity index (χ4n) is 4.69. The molecule has 3 heteroatoms. The molecular weight excluding hydrogens is 234 g/mol. The predicted molar refractivity (Wildman–Crippen MR) is 80.5 cm³/mol. The van der Waals surface area contributed by atoms with Crippen LogP contribution in [-0.2, 0) is 0 Å². The zero-order valence-electron chi connectivity index (χ0n) is 12.8. The molecule has 4 unspecified atom stereocenters. The summed E-state index contributed by atoms with van der Waals surface area (Å²) in [5.41, 5.74) is 0. The fraction of sp³-hybridized carbons (Fsp3) is 1.00. The molecule has 0 bridgehead atoms. The summed E-state index contributed by atoms with van der Waals surface area (Å²) >= 11 is 0. The van der Waals surface area contributed by atoms with Crippen molar-refractivity contribution in [1.82, 2.24) is 15.1 Å².